The summed E-state index contributed by atoms with van der Waals surface area (Å²) in [6.07, 6.45) is 23.7. The van der Waals surface area contributed by atoms with Crippen molar-refractivity contribution in [2.24, 2.45) is 0 Å². The van der Waals surface area contributed by atoms with Crippen LogP contribution in [0.4, 0.5) is 0 Å². The molecule has 0 aromatic rings. The summed E-state index contributed by atoms with van der Waals surface area (Å²) in [5.74, 6) is 0. The van der Waals surface area contributed by atoms with Crippen LogP contribution in [0.5, 0.6) is 0 Å². The SMILES string of the molecule is [CH2]CCN(CCO)CCCCCCCCCCCCCCCCCC. The Balaban J connectivity index is 3.13. The zero-order chi connectivity index (χ0) is 18.4. The molecule has 2 nitrogen and oxygen atoms in total. The van der Waals surface area contributed by atoms with Crippen LogP contribution in [0.2, 0.25) is 0 Å². The van der Waals surface area contributed by atoms with Gasteiger partial charge >= 0.3 is 0 Å². The second-order valence-electron chi connectivity index (χ2n) is 7.72. The molecule has 151 valence electrons. The van der Waals surface area contributed by atoms with Crippen molar-refractivity contribution in [3.8, 4) is 0 Å². The van der Waals surface area contributed by atoms with Crippen molar-refractivity contribution in [2.75, 3.05) is 26.2 Å². The number of hydrogen-bond acceptors (Lipinski definition) is 2. The Morgan fingerprint density at radius 2 is 0.960 bits per heavy atom. The van der Waals surface area contributed by atoms with Gasteiger partial charge in [0.2, 0.25) is 0 Å². The molecular weight excluding hydrogens is 306 g/mol. The summed E-state index contributed by atoms with van der Waals surface area (Å²) in [4.78, 5) is 2.34. The van der Waals surface area contributed by atoms with E-state index in [1.54, 1.807) is 0 Å². The second kappa shape index (κ2) is 22.0. The van der Waals surface area contributed by atoms with Gasteiger partial charge in [-0.25, -0.2) is 0 Å². The highest BCUT2D eigenvalue weighted by Gasteiger charge is 2.02. The standard InChI is InChI=1S/C23H48NO/c1-3-5-6-7-8-9-10-11-12-13-14-15-16-17-18-19-21-24(20-4-2)22-23-25/h25H,2-23H2,1H3. The lowest BCUT2D eigenvalue weighted by atomic mass is 10.0. The minimum atomic E-state index is 0.277. The fourth-order valence-corrected chi connectivity index (χ4v) is 3.58. The summed E-state index contributed by atoms with van der Waals surface area (Å²) in [5, 5.41) is 9.04. The highest BCUT2D eigenvalue weighted by atomic mass is 16.3. The largest absolute Gasteiger partial charge is 0.395 e. The molecule has 0 aliphatic carbocycles. The number of unbranched alkanes of at least 4 members (excludes halogenated alkanes) is 15. The monoisotopic (exact) mass is 354 g/mol. The number of rotatable bonds is 21. The van der Waals surface area contributed by atoms with E-state index in [9.17, 15) is 0 Å². The lowest BCUT2D eigenvalue weighted by molar-refractivity contribution is 0.195. The number of aliphatic hydroxyl groups excluding tert-OH is 1. The van der Waals surface area contributed by atoms with Crippen molar-refractivity contribution in [1.82, 2.24) is 4.90 Å². The zero-order valence-electron chi connectivity index (χ0n) is 17.5. The maximum absolute atomic E-state index is 9.04. The van der Waals surface area contributed by atoms with E-state index < -0.39 is 0 Å². The molecule has 0 heterocycles. The lowest BCUT2D eigenvalue weighted by Crippen LogP contribution is -2.28. The van der Waals surface area contributed by atoms with Gasteiger partial charge in [-0.15, -0.1) is 0 Å². The van der Waals surface area contributed by atoms with Crippen molar-refractivity contribution in [1.29, 1.82) is 0 Å². The number of nitrogens with zero attached hydrogens (tertiary/aromatic N) is 1. The van der Waals surface area contributed by atoms with Gasteiger partial charge in [-0.2, -0.15) is 0 Å². The van der Waals surface area contributed by atoms with Crippen LogP contribution in [0.3, 0.4) is 0 Å². The Morgan fingerprint density at radius 3 is 1.32 bits per heavy atom. The summed E-state index contributed by atoms with van der Waals surface area (Å²) < 4.78 is 0. The summed E-state index contributed by atoms with van der Waals surface area (Å²) in [7, 11) is 0. The molecule has 0 aromatic heterocycles. The van der Waals surface area contributed by atoms with E-state index >= 15 is 0 Å². The minimum Gasteiger partial charge on any atom is -0.395 e. The Morgan fingerprint density at radius 1 is 0.560 bits per heavy atom. The molecule has 0 amide bonds. The van der Waals surface area contributed by atoms with E-state index in [1.165, 1.54) is 103 Å². The number of aliphatic hydroxyl groups is 1. The van der Waals surface area contributed by atoms with Crippen LogP contribution in [-0.4, -0.2) is 36.2 Å². The van der Waals surface area contributed by atoms with Gasteiger partial charge in [0.05, 0.1) is 6.61 Å². The van der Waals surface area contributed by atoms with Gasteiger partial charge in [-0.1, -0.05) is 110 Å². The van der Waals surface area contributed by atoms with Crippen LogP contribution in [0.1, 0.15) is 116 Å². The lowest BCUT2D eigenvalue weighted by Gasteiger charge is -2.20. The summed E-state index contributed by atoms with van der Waals surface area (Å²) in [6, 6.07) is 0. The molecule has 0 spiro atoms. The predicted molar refractivity (Wildman–Crippen MR) is 113 cm³/mol. The first-order valence-electron chi connectivity index (χ1n) is 11.5. The van der Waals surface area contributed by atoms with E-state index in [1.807, 2.05) is 0 Å². The van der Waals surface area contributed by atoms with E-state index in [0.717, 1.165) is 26.1 Å². The first-order chi connectivity index (χ1) is 12.3. The molecule has 0 saturated carbocycles. The average Bonchev–Trinajstić information content (AvgIpc) is 2.61. The first kappa shape index (κ1) is 24.9. The molecule has 0 bridgehead atoms. The third-order valence-electron chi connectivity index (χ3n) is 5.22. The van der Waals surface area contributed by atoms with E-state index in [0.29, 0.717) is 0 Å². The van der Waals surface area contributed by atoms with E-state index in [2.05, 4.69) is 18.7 Å². The highest BCUT2D eigenvalue weighted by Crippen LogP contribution is 2.13. The minimum absolute atomic E-state index is 0.277. The molecule has 0 aliphatic heterocycles. The molecule has 1 N–H and O–H groups in total. The van der Waals surface area contributed by atoms with Crippen LogP contribution in [-0.2, 0) is 0 Å². The van der Waals surface area contributed by atoms with Gasteiger partial charge < -0.3 is 10.0 Å². The van der Waals surface area contributed by atoms with Gasteiger partial charge in [0, 0.05) is 6.54 Å². The Labute approximate surface area is 159 Å². The molecule has 1 radical (unpaired) electrons. The molecule has 0 fully saturated rings. The van der Waals surface area contributed by atoms with Gasteiger partial charge in [0.15, 0.2) is 0 Å². The molecule has 0 atom stereocenters. The van der Waals surface area contributed by atoms with Crippen molar-refractivity contribution in [3.05, 3.63) is 6.92 Å². The number of hydrogen-bond donors (Lipinski definition) is 1. The van der Waals surface area contributed by atoms with Crippen LogP contribution < -0.4 is 0 Å². The predicted octanol–water partition coefficient (Wildman–Crippen LogP) is 6.77. The van der Waals surface area contributed by atoms with E-state index in [4.69, 9.17) is 5.11 Å². The maximum atomic E-state index is 9.04. The molecular formula is C23H48NO. The fourth-order valence-electron chi connectivity index (χ4n) is 3.58. The van der Waals surface area contributed by atoms with Gasteiger partial charge in [-0.05, 0) is 25.9 Å². The van der Waals surface area contributed by atoms with Crippen molar-refractivity contribution < 1.29 is 5.11 Å². The van der Waals surface area contributed by atoms with Gasteiger partial charge in [0.1, 0.15) is 0 Å². The molecule has 0 aromatic carbocycles. The summed E-state index contributed by atoms with van der Waals surface area (Å²) in [6.45, 7) is 9.45. The van der Waals surface area contributed by atoms with Gasteiger partial charge in [-0.3, -0.25) is 0 Å². The van der Waals surface area contributed by atoms with Crippen molar-refractivity contribution in [3.63, 3.8) is 0 Å². The Kier molecular flexibility index (Phi) is 21.9. The molecule has 25 heavy (non-hydrogen) atoms. The third kappa shape index (κ3) is 20.1. The fraction of sp³-hybridized carbons (Fsp3) is 0.957. The Bertz CT molecular complexity index is 226. The summed E-state index contributed by atoms with van der Waals surface area (Å²) >= 11 is 0. The average molecular weight is 355 g/mol. The van der Waals surface area contributed by atoms with Gasteiger partial charge in [0.25, 0.3) is 0 Å². The Hall–Kier alpha value is -0.0800. The maximum Gasteiger partial charge on any atom is 0.0558 e. The second-order valence-corrected chi connectivity index (χ2v) is 7.72. The third-order valence-corrected chi connectivity index (χ3v) is 5.22. The quantitative estimate of drug-likeness (QED) is 0.230. The molecule has 0 rings (SSSR count). The summed E-state index contributed by atoms with van der Waals surface area (Å²) in [5.41, 5.74) is 0. The van der Waals surface area contributed by atoms with Crippen molar-refractivity contribution >= 4 is 0 Å². The molecule has 0 saturated heterocycles. The van der Waals surface area contributed by atoms with Crippen molar-refractivity contribution in [2.45, 2.75) is 116 Å². The van der Waals surface area contributed by atoms with Crippen LogP contribution in [0.15, 0.2) is 0 Å². The zero-order valence-corrected chi connectivity index (χ0v) is 17.5. The topological polar surface area (TPSA) is 23.5 Å². The molecule has 0 unspecified atom stereocenters. The first-order valence-corrected chi connectivity index (χ1v) is 11.5. The molecule has 2 heteroatoms. The molecule has 0 aliphatic rings. The highest BCUT2D eigenvalue weighted by molar-refractivity contribution is 4.59. The smallest absolute Gasteiger partial charge is 0.0558 e. The van der Waals surface area contributed by atoms with Crippen LogP contribution >= 0.6 is 0 Å². The van der Waals surface area contributed by atoms with Crippen LogP contribution in [0.25, 0.3) is 0 Å². The van der Waals surface area contributed by atoms with E-state index in [-0.39, 0.29) is 6.61 Å². The van der Waals surface area contributed by atoms with Crippen LogP contribution in [0, 0.1) is 6.92 Å². The normalized spacial score (nSPS) is 11.5.